The zero-order chi connectivity index (χ0) is 15.2. The van der Waals surface area contributed by atoms with Crippen molar-refractivity contribution in [3.8, 4) is 0 Å². The van der Waals surface area contributed by atoms with Crippen LogP contribution in [-0.2, 0) is 11.2 Å². The molecule has 3 aromatic rings. The highest BCUT2D eigenvalue weighted by Crippen LogP contribution is 2.21. The normalized spacial score (nSPS) is 10.2. The summed E-state index contributed by atoms with van der Waals surface area (Å²) in [6, 6.07) is 19.3. The van der Waals surface area contributed by atoms with Crippen molar-refractivity contribution in [3.63, 3.8) is 0 Å². The Morgan fingerprint density at radius 1 is 0.955 bits per heavy atom. The SMILES string of the molecule is O=C(Cc1csc(Nc2ccccc2)n1)Nc1ccccc1. The van der Waals surface area contributed by atoms with Gasteiger partial charge in [0.1, 0.15) is 0 Å². The van der Waals surface area contributed by atoms with Crippen LogP contribution in [0.25, 0.3) is 0 Å². The smallest absolute Gasteiger partial charge is 0.230 e. The molecule has 1 aromatic heterocycles. The number of anilines is 3. The van der Waals surface area contributed by atoms with Gasteiger partial charge in [-0.15, -0.1) is 11.3 Å². The molecule has 0 saturated heterocycles. The molecular weight excluding hydrogens is 294 g/mol. The van der Waals surface area contributed by atoms with Gasteiger partial charge in [0, 0.05) is 16.8 Å². The molecule has 0 spiro atoms. The number of hydrogen-bond donors (Lipinski definition) is 2. The number of rotatable bonds is 5. The average Bonchev–Trinajstić information content (AvgIpc) is 2.96. The van der Waals surface area contributed by atoms with E-state index in [0.29, 0.717) is 0 Å². The second-order valence-electron chi connectivity index (χ2n) is 4.73. The van der Waals surface area contributed by atoms with E-state index in [1.807, 2.05) is 66.0 Å². The molecule has 0 bridgehead atoms. The summed E-state index contributed by atoms with van der Waals surface area (Å²) in [5.41, 5.74) is 2.54. The fourth-order valence-corrected chi connectivity index (χ4v) is 2.71. The molecule has 0 aliphatic heterocycles. The quantitative estimate of drug-likeness (QED) is 0.747. The van der Waals surface area contributed by atoms with E-state index in [4.69, 9.17) is 0 Å². The van der Waals surface area contributed by atoms with Gasteiger partial charge in [-0.1, -0.05) is 36.4 Å². The van der Waals surface area contributed by atoms with E-state index in [1.54, 1.807) is 0 Å². The number of hydrogen-bond acceptors (Lipinski definition) is 4. The van der Waals surface area contributed by atoms with E-state index in [0.717, 1.165) is 22.2 Å². The molecule has 2 aromatic carbocycles. The molecule has 0 unspecified atom stereocenters. The number of carbonyl (C=O) groups excluding carboxylic acids is 1. The summed E-state index contributed by atoms with van der Waals surface area (Å²) in [7, 11) is 0. The standard InChI is InChI=1S/C17H15N3OS/c21-16(18-13-7-3-1-4-8-13)11-15-12-22-17(20-15)19-14-9-5-2-6-10-14/h1-10,12H,11H2,(H,18,21)(H,19,20). The Morgan fingerprint density at radius 3 is 2.27 bits per heavy atom. The van der Waals surface area contributed by atoms with Crippen LogP contribution >= 0.6 is 11.3 Å². The van der Waals surface area contributed by atoms with Gasteiger partial charge >= 0.3 is 0 Å². The van der Waals surface area contributed by atoms with E-state index < -0.39 is 0 Å². The number of nitrogens with zero attached hydrogens (tertiary/aromatic N) is 1. The molecule has 110 valence electrons. The first-order valence-corrected chi connectivity index (χ1v) is 7.79. The lowest BCUT2D eigenvalue weighted by Crippen LogP contribution is -2.14. The van der Waals surface area contributed by atoms with Crippen LogP contribution in [0.15, 0.2) is 66.0 Å². The summed E-state index contributed by atoms with van der Waals surface area (Å²) >= 11 is 1.49. The summed E-state index contributed by atoms with van der Waals surface area (Å²) in [6.45, 7) is 0. The molecule has 0 saturated carbocycles. The molecule has 0 atom stereocenters. The predicted octanol–water partition coefficient (Wildman–Crippen LogP) is 4.07. The van der Waals surface area contributed by atoms with Crippen LogP contribution in [0.1, 0.15) is 5.69 Å². The third-order valence-corrected chi connectivity index (χ3v) is 3.78. The first-order chi connectivity index (χ1) is 10.8. The van der Waals surface area contributed by atoms with Gasteiger partial charge in [0.2, 0.25) is 5.91 Å². The van der Waals surface area contributed by atoms with Crippen LogP contribution in [0.5, 0.6) is 0 Å². The highest BCUT2D eigenvalue weighted by Gasteiger charge is 2.08. The lowest BCUT2D eigenvalue weighted by atomic mass is 10.3. The predicted molar refractivity (Wildman–Crippen MR) is 90.6 cm³/mol. The topological polar surface area (TPSA) is 54.0 Å². The third-order valence-electron chi connectivity index (χ3n) is 2.98. The minimum atomic E-state index is -0.0669. The minimum absolute atomic E-state index is 0.0669. The van der Waals surface area contributed by atoms with Crippen molar-refractivity contribution in [2.45, 2.75) is 6.42 Å². The number of carbonyl (C=O) groups is 1. The van der Waals surface area contributed by atoms with Gasteiger partial charge in [-0.25, -0.2) is 4.98 Å². The van der Waals surface area contributed by atoms with E-state index in [2.05, 4.69) is 15.6 Å². The Labute approximate surface area is 132 Å². The molecule has 2 N–H and O–H groups in total. The van der Waals surface area contributed by atoms with Crippen molar-refractivity contribution in [1.29, 1.82) is 0 Å². The van der Waals surface area contributed by atoms with Gasteiger partial charge in [0.05, 0.1) is 12.1 Å². The van der Waals surface area contributed by atoms with E-state index in [-0.39, 0.29) is 12.3 Å². The molecule has 4 nitrogen and oxygen atoms in total. The van der Waals surface area contributed by atoms with E-state index in [9.17, 15) is 4.79 Å². The molecule has 0 fully saturated rings. The molecule has 22 heavy (non-hydrogen) atoms. The molecule has 0 aliphatic carbocycles. The first-order valence-electron chi connectivity index (χ1n) is 6.91. The lowest BCUT2D eigenvalue weighted by molar-refractivity contribution is -0.115. The van der Waals surface area contributed by atoms with Crippen molar-refractivity contribution in [2.75, 3.05) is 10.6 Å². The average molecular weight is 309 g/mol. The van der Waals surface area contributed by atoms with E-state index >= 15 is 0 Å². The molecular formula is C17H15N3OS. The number of para-hydroxylation sites is 2. The zero-order valence-electron chi connectivity index (χ0n) is 11.8. The highest BCUT2D eigenvalue weighted by molar-refractivity contribution is 7.13. The summed E-state index contributed by atoms with van der Waals surface area (Å²) in [6.07, 6.45) is 0.266. The Hall–Kier alpha value is -2.66. The Kier molecular flexibility index (Phi) is 4.46. The molecule has 3 rings (SSSR count). The van der Waals surface area contributed by atoms with Crippen LogP contribution in [0, 0.1) is 0 Å². The lowest BCUT2D eigenvalue weighted by Gasteiger charge is -2.03. The third kappa shape index (κ3) is 3.93. The first kappa shape index (κ1) is 14.3. The van der Waals surface area contributed by atoms with Gasteiger partial charge in [-0.3, -0.25) is 4.79 Å². The van der Waals surface area contributed by atoms with Gasteiger partial charge in [-0.2, -0.15) is 0 Å². The van der Waals surface area contributed by atoms with Crippen molar-refractivity contribution in [3.05, 3.63) is 71.7 Å². The van der Waals surface area contributed by atoms with Crippen LogP contribution in [0.2, 0.25) is 0 Å². The summed E-state index contributed by atoms with van der Waals surface area (Å²) in [4.78, 5) is 16.4. The zero-order valence-corrected chi connectivity index (χ0v) is 12.6. The van der Waals surface area contributed by atoms with Gasteiger partial charge < -0.3 is 10.6 Å². The maximum absolute atomic E-state index is 12.0. The Balaban J connectivity index is 1.58. The number of aromatic nitrogens is 1. The van der Waals surface area contributed by atoms with Crippen LogP contribution < -0.4 is 10.6 Å². The molecule has 0 aliphatic rings. The van der Waals surface area contributed by atoms with Gasteiger partial charge in [0.15, 0.2) is 5.13 Å². The fourth-order valence-electron chi connectivity index (χ4n) is 1.98. The molecule has 0 radical (unpaired) electrons. The summed E-state index contributed by atoms with van der Waals surface area (Å²) < 4.78 is 0. The maximum atomic E-state index is 12.0. The number of thiazole rings is 1. The number of nitrogens with one attached hydrogen (secondary N) is 2. The largest absolute Gasteiger partial charge is 0.332 e. The Bertz CT molecular complexity index is 741. The monoisotopic (exact) mass is 309 g/mol. The fraction of sp³-hybridized carbons (Fsp3) is 0.0588. The van der Waals surface area contributed by atoms with Crippen molar-refractivity contribution >= 4 is 33.8 Å². The van der Waals surface area contributed by atoms with Gasteiger partial charge in [0.25, 0.3) is 0 Å². The van der Waals surface area contributed by atoms with Crippen LogP contribution in [0.3, 0.4) is 0 Å². The molecule has 5 heteroatoms. The van der Waals surface area contributed by atoms with Crippen molar-refractivity contribution in [2.24, 2.45) is 0 Å². The summed E-state index contributed by atoms with van der Waals surface area (Å²) in [5, 5.41) is 8.76. The number of amides is 1. The highest BCUT2D eigenvalue weighted by atomic mass is 32.1. The van der Waals surface area contributed by atoms with Crippen LogP contribution in [-0.4, -0.2) is 10.9 Å². The molecule has 1 amide bonds. The second-order valence-corrected chi connectivity index (χ2v) is 5.58. The Morgan fingerprint density at radius 2 is 1.59 bits per heavy atom. The minimum Gasteiger partial charge on any atom is -0.332 e. The maximum Gasteiger partial charge on any atom is 0.230 e. The van der Waals surface area contributed by atoms with E-state index in [1.165, 1.54) is 11.3 Å². The van der Waals surface area contributed by atoms with Crippen molar-refractivity contribution < 1.29 is 4.79 Å². The molecule has 1 heterocycles. The van der Waals surface area contributed by atoms with Crippen molar-refractivity contribution in [1.82, 2.24) is 4.98 Å². The number of benzene rings is 2. The summed E-state index contributed by atoms with van der Waals surface area (Å²) in [5.74, 6) is -0.0669. The van der Waals surface area contributed by atoms with Crippen LogP contribution in [0.4, 0.5) is 16.5 Å². The van der Waals surface area contributed by atoms with Gasteiger partial charge in [-0.05, 0) is 24.3 Å². The second kappa shape index (κ2) is 6.87.